The maximum Gasteiger partial charge on any atom is 0 e. The second-order valence-corrected chi connectivity index (χ2v) is 0. The van der Waals surface area contributed by atoms with E-state index in [1.165, 1.54) is 0 Å². The van der Waals surface area contributed by atoms with Crippen LogP contribution >= 0.6 is 0 Å². The molecule has 0 fully saturated rings. The predicted molar refractivity (Wildman–Crippen MR) is 0 cm³/mol. The van der Waals surface area contributed by atoms with Crippen molar-refractivity contribution in [1.29, 1.82) is 0 Å². The van der Waals surface area contributed by atoms with Gasteiger partial charge in [0.25, 0.3) is 0 Å². The molecule has 0 rings (SSSR count). The first-order valence-corrected chi connectivity index (χ1v) is 0. The Hall–Kier alpha value is 4.13. The Morgan fingerprint density at radius 3 is 1.00 bits per heavy atom. The van der Waals surface area contributed by atoms with Crippen molar-refractivity contribution in [2.75, 3.05) is 0 Å². The molecule has 0 aromatic heterocycles. The van der Waals surface area contributed by atoms with Crippen molar-refractivity contribution in [2.24, 2.45) is 0 Å². The first-order chi connectivity index (χ1) is 0. The van der Waals surface area contributed by atoms with Gasteiger partial charge in [0.2, 0.25) is 0 Å². The molecular weight excluding hydrogens is 279 g/mol. The zero-order chi connectivity index (χ0) is 0. The van der Waals surface area contributed by atoms with Gasteiger partial charge in [0.05, 0.1) is 0 Å². The van der Waals surface area contributed by atoms with E-state index in [9.17, 15) is 0 Å². The van der Waals surface area contributed by atoms with Crippen LogP contribution in [-0.2, 0) is 0 Å². The van der Waals surface area contributed by atoms with Crippen LogP contribution in [-0.4, -0.2) is 0 Å². The molecular formula is ArHeKrNeXe. The summed E-state index contributed by atoms with van der Waals surface area (Å²) in [5.41, 5.74) is 0. The molecule has 5 heteroatoms. The molecule has 0 spiro atoms. The van der Waals surface area contributed by atoms with Crippen LogP contribution in [0.1, 0.15) is 0 Å². The third-order valence-electron chi connectivity index (χ3n) is 0. The summed E-state index contributed by atoms with van der Waals surface area (Å²) in [6.07, 6.45) is 0. The number of hydrogen-bond acceptors (Lipinski definition) is 0. The normalized spacial score (nSPS) is 0. The van der Waals surface area contributed by atoms with Gasteiger partial charge >= 0.3 is 0 Å². The average molecular weight is 279 g/mol. The van der Waals surface area contributed by atoms with Gasteiger partial charge < -0.3 is 0 Å². The SMILES string of the molecule is [Ar].[He].[Kr].[Ne].[Xe]. The minimum Gasteiger partial charge on any atom is 0 e. The smallest absolute Gasteiger partial charge is 0 e. The molecule has 0 aromatic rings. The molecule has 0 aliphatic carbocycles. The predicted octanol–water partition coefficient (Wildman–Crippen LogP) is 0. The van der Waals surface area contributed by atoms with Crippen LogP contribution < -0.4 is 0 Å². The summed E-state index contributed by atoms with van der Waals surface area (Å²) in [5, 5.41) is 0. The Kier molecular flexibility index (Phi) is 171. The number of hydrogen-bond donors (Lipinski definition) is 0. The molecule has 0 aliphatic heterocycles. The van der Waals surface area contributed by atoms with Gasteiger partial charge in [-0.05, 0) is 0 Å². The topological polar surface area (TPSA) is 0 Å². The van der Waals surface area contributed by atoms with Gasteiger partial charge in [0.15, 0.2) is 0 Å². The second kappa shape index (κ2) is 24.2. The Labute approximate surface area is 140 Å². The largest absolute Gasteiger partial charge is 0 e. The van der Waals surface area contributed by atoms with E-state index in [-0.39, 0.29) is 144 Å². The van der Waals surface area contributed by atoms with Crippen molar-refractivity contribution in [2.45, 2.75) is 0 Å². The monoisotopic (exact) mass is 280 g/mol. The maximum atomic E-state index is 0. The van der Waals surface area contributed by atoms with Crippen LogP contribution in [0.5, 0.6) is 0 Å². The molecule has 0 bridgehead atoms. The van der Waals surface area contributed by atoms with Crippen molar-refractivity contribution in [3.63, 3.8) is 0 Å². The zero-order valence-corrected chi connectivity index (χ0v) is 6.33. The molecule has 0 radical (unpaired) electrons. The fraction of sp³-hybridized carbons (Fsp3) is 0. The third kappa shape index (κ3) is 17.9. The van der Waals surface area contributed by atoms with Crippen molar-refractivity contribution < 1.29 is 144 Å². The van der Waals surface area contributed by atoms with E-state index in [1.807, 2.05) is 0 Å². The van der Waals surface area contributed by atoms with Crippen LogP contribution in [0.2, 0.25) is 0 Å². The van der Waals surface area contributed by atoms with Gasteiger partial charge in [-0.2, -0.15) is 0 Å². The summed E-state index contributed by atoms with van der Waals surface area (Å²) in [5.74, 6) is 0. The van der Waals surface area contributed by atoms with E-state index >= 15 is 0 Å². The fourth-order valence-corrected chi connectivity index (χ4v) is 0. The Morgan fingerprint density at radius 2 is 1.00 bits per heavy atom. The summed E-state index contributed by atoms with van der Waals surface area (Å²) in [6.45, 7) is 0. The molecule has 0 nitrogen and oxygen atoms in total. The third-order valence-corrected chi connectivity index (χ3v) is 0. The van der Waals surface area contributed by atoms with E-state index in [2.05, 4.69) is 0 Å². The fourth-order valence-electron chi connectivity index (χ4n) is 0. The minimum absolute atomic E-state index is 0. The molecule has 0 atom stereocenters. The van der Waals surface area contributed by atoms with Crippen molar-refractivity contribution >= 4 is 0 Å². The maximum absolute atomic E-state index is 0. The minimum atomic E-state index is 0. The summed E-state index contributed by atoms with van der Waals surface area (Å²) in [6, 6.07) is 0. The van der Waals surface area contributed by atoms with Crippen LogP contribution in [0.3, 0.4) is 0 Å². The van der Waals surface area contributed by atoms with Gasteiger partial charge in [0.1, 0.15) is 0 Å². The Bertz CT molecular complexity index is 11.6. The summed E-state index contributed by atoms with van der Waals surface area (Å²) in [4.78, 5) is 0. The van der Waals surface area contributed by atoms with Gasteiger partial charge in [-0.3, -0.25) is 0 Å². The second-order valence-electron chi connectivity index (χ2n) is 0. The summed E-state index contributed by atoms with van der Waals surface area (Å²) in [7, 11) is 0. The molecule has 0 unspecified atom stereocenters. The average Bonchev–Trinajstić information content (AvgIpc) is 0. The van der Waals surface area contributed by atoms with Crippen LogP contribution in [0.25, 0.3) is 0 Å². The molecule has 5 heavy (non-hydrogen) atoms. The van der Waals surface area contributed by atoms with E-state index in [0.29, 0.717) is 0 Å². The van der Waals surface area contributed by atoms with Crippen LogP contribution in [0.15, 0.2) is 0 Å². The molecule has 0 saturated heterocycles. The van der Waals surface area contributed by atoms with Gasteiger partial charge in [-0.25, -0.2) is 0 Å². The van der Waals surface area contributed by atoms with Crippen molar-refractivity contribution in [3.05, 3.63) is 0 Å². The number of rotatable bonds is 0. The first-order valence-electron chi connectivity index (χ1n) is 0. The Morgan fingerprint density at radius 1 is 1.00 bits per heavy atom. The van der Waals surface area contributed by atoms with Gasteiger partial charge in [-0.1, -0.05) is 0 Å². The van der Waals surface area contributed by atoms with E-state index in [4.69, 9.17) is 0 Å². The molecule has 0 N–H and O–H groups in total. The molecule has 0 aromatic carbocycles. The standard InChI is InChI=1S/Ar.He.Kr.Ne.Xe. The van der Waals surface area contributed by atoms with Crippen molar-refractivity contribution in [1.82, 2.24) is 0 Å². The molecule has 0 aliphatic rings. The van der Waals surface area contributed by atoms with Crippen LogP contribution in [0.4, 0.5) is 0 Å². The summed E-state index contributed by atoms with van der Waals surface area (Å²) >= 11 is 0. The van der Waals surface area contributed by atoms with Gasteiger partial charge in [0, 0.05) is 144 Å². The van der Waals surface area contributed by atoms with E-state index in [0.717, 1.165) is 0 Å². The Balaban J connectivity index is 0. The molecule has 0 saturated carbocycles. The molecule has 0 heterocycles. The molecule has 0 amide bonds. The van der Waals surface area contributed by atoms with E-state index in [1.54, 1.807) is 0 Å². The van der Waals surface area contributed by atoms with E-state index < -0.39 is 0 Å². The molecule has 34 valence electrons. The van der Waals surface area contributed by atoms with Crippen molar-refractivity contribution in [3.8, 4) is 0 Å². The quantitative estimate of drug-likeness (QED) is 0.585. The first kappa shape index (κ1) is 35.4. The zero-order valence-electron chi connectivity index (χ0n) is 2.12. The van der Waals surface area contributed by atoms with Crippen LogP contribution in [0, 0.1) is 144 Å². The van der Waals surface area contributed by atoms with Gasteiger partial charge in [-0.15, -0.1) is 0 Å². The summed E-state index contributed by atoms with van der Waals surface area (Å²) < 4.78 is 0.